The molecular weight excluding hydrogens is 404 g/mol. The number of nitro benzene ring substituents is 1. The van der Waals surface area contributed by atoms with Gasteiger partial charge in [-0.25, -0.2) is 0 Å². The molecule has 0 saturated carbocycles. The number of benzene rings is 2. The lowest BCUT2D eigenvalue weighted by atomic mass is 9.89. The SMILES string of the molecule is O=C(C[C@H](CCc1ccccc1)c1c[nH]c2ccc([N+](=O)[O-])cc12)NCc1ccncc1. The standard InChI is InChI=1S/C25H24N4O3/c30-25(28-16-19-10-12-26-13-11-19)14-20(7-6-18-4-2-1-3-5-18)23-17-27-24-9-8-21(29(31)32)15-22(23)24/h1-5,8-13,15,17,20,27H,6-7,14,16H2,(H,28,30)/t20-/m0/s1. The summed E-state index contributed by atoms with van der Waals surface area (Å²) in [5.41, 5.74) is 3.98. The minimum absolute atomic E-state index is 0.0438. The van der Waals surface area contributed by atoms with Gasteiger partial charge in [0.25, 0.3) is 5.69 Å². The van der Waals surface area contributed by atoms with Gasteiger partial charge in [0.1, 0.15) is 0 Å². The summed E-state index contributed by atoms with van der Waals surface area (Å²) in [6.45, 7) is 0.437. The summed E-state index contributed by atoms with van der Waals surface area (Å²) in [5, 5.41) is 15.1. The number of carbonyl (C=O) groups is 1. The zero-order chi connectivity index (χ0) is 22.3. The third kappa shape index (κ3) is 5.18. The van der Waals surface area contributed by atoms with Gasteiger partial charge in [0, 0.05) is 54.6 Å². The van der Waals surface area contributed by atoms with Gasteiger partial charge >= 0.3 is 0 Å². The molecule has 32 heavy (non-hydrogen) atoms. The molecule has 0 bridgehead atoms. The van der Waals surface area contributed by atoms with Crippen molar-refractivity contribution < 1.29 is 9.72 Å². The van der Waals surface area contributed by atoms with E-state index in [1.807, 2.05) is 36.5 Å². The number of pyridine rings is 1. The molecule has 0 saturated heterocycles. The van der Waals surface area contributed by atoms with E-state index in [0.29, 0.717) is 13.0 Å². The summed E-state index contributed by atoms with van der Waals surface area (Å²) in [6, 6.07) is 18.6. The van der Waals surface area contributed by atoms with E-state index in [9.17, 15) is 14.9 Å². The van der Waals surface area contributed by atoms with Crippen molar-refractivity contribution >= 4 is 22.5 Å². The summed E-state index contributed by atoms with van der Waals surface area (Å²) in [7, 11) is 0. The molecule has 7 nitrogen and oxygen atoms in total. The van der Waals surface area contributed by atoms with Crippen LogP contribution in [0, 0.1) is 10.1 Å². The van der Waals surface area contributed by atoms with E-state index in [1.54, 1.807) is 24.5 Å². The van der Waals surface area contributed by atoms with Crippen molar-refractivity contribution in [3.63, 3.8) is 0 Å². The Kier molecular flexibility index (Phi) is 6.55. The minimum atomic E-state index is -0.392. The summed E-state index contributed by atoms with van der Waals surface area (Å²) in [4.78, 5) is 30.9. The molecule has 2 aromatic heterocycles. The van der Waals surface area contributed by atoms with Crippen molar-refractivity contribution in [3.05, 3.63) is 106 Å². The first-order chi connectivity index (χ1) is 15.6. The summed E-state index contributed by atoms with van der Waals surface area (Å²) < 4.78 is 0. The van der Waals surface area contributed by atoms with Crippen molar-refractivity contribution in [1.82, 2.24) is 15.3 Å². The fourth-order valence-electron chi connectivity index (χ4n) is 3.93. The molecule has 1 amide bonds. The fraction of sp³-hybridized carbons (Fsp3) is 0.200. The molecule has 0 aliphatic carbocycles. The Hall–Kier alpha value is -4.00. The predicted molar refractivity (Wildman–Crippen MR) is 123 cm³/mol. The highest BCUT2D eigenvalue weighted by atomic mass is 16.6. The van der Waals surface area contributed by atoms with Crippen LogP contribution >= 0.6 is 0 Å². The zero-order valence-corrected chi connectivity index (χ0v) is 17.5. The third-order valence-electron chi connectivity index (χ3n) is 5.64. The van der Waals surface area contributed by atoms with Crippen LogP contribution in [0.25, 0.3) is 10.9 Å². The van der Waals surface area contributed by atoms with Crippen LogP contribution in [0.3, 0.4) is 0 Å². The summed E-state index contributed by atoms with van der Waals surface area (Å²) in [6.07, 6.45) is 7.13. The zero-order valence-electron chi connectivity index (χ0n) is 17.5. The van der Waals surface area contributed by atoms with Crippen LogP contribution in [0.15, 0.2) is 79.3 Å². The van der Waals surface area contributed by atoms with Gasteiger partial charge in [0.15, 0.2) is 0 Å². The Bertz CT molecular complexity index is 1210. The van der Waals surface area contributed by atoms with Gasteiger partial charge in [-0.2, -0.15) is 0 Å². The van der Waals surface area contributed by atoms with E-state index < -0.39 is 4.92 Å². The van der Waals surface area contributed by atoms with Crippen molar-refractivity contribution in [2.24, 2.45) is 0 Å². The molecule has 2 aromatic carbocycles. The lowest BCUT2D eigenvalue weighted by molar-refractivity contribution is -0.384. The average Bonchev–Trinajstić information content (AvgIpc) is 3.25. The molecule has 0 fully saturated rings. The van der Waals surface area contributed by atoms with Gasteiger partial charge in [-0.3, -0.25) is 19.9 Å². The molecule has 1 atom stereocenters. The number of carbonyl (C=O) groups excluding carboxylic acids is 1. The van der Waals surface area contributed by atoms with Crippen molar-refractivity contribution in [2.45, 2.75) is 31.7 Å². The number of fused-ring (bicyclic) bond motifs is 1. The van der Waals surface area contributed by atoms with Crippen LogP contribution in [0.1, 0.15) is 35.4 Å². The molecule has 0 radical (unpaired) electrons. The maximum absolute atomic E-state index is 12.8. The number of hydrogen-bond donors (Lipinski definition) is 2. The Labute approximate surface area is 185 Å². The molecule has 7 heteroatoms. The van der Waals surface area contributed by atoms with Crippen molar-refractivity contribution in [2.75, 3.05) is 0 Å². The first-order valence-electron chi connectivity index (χ1n) is 10.5. The number of amides is 1. The van der Waals surface area contributed by atoms with E-state index in [1.165, 1.54) is 11.6 Å². The molecule has 4 aromatic rings. The maximum atomic E-state index is 12.8. The number of aromatic amines is 1. The Morgan fingerprint density at radius 1 is 1.06 bits per heavy atom. The van der Waals surface area contributed by atoms with Crippen LogP contribution in [0.5, 0.6) is 0 Å². The van der Waals surface area contributed by atoms with Crippen molar-refractivity contribution in [3.8, 4) is 0 Å². The number of nitrogens with zero attached hydrogens (tertiary/aromatic N) is 2. The smallest absolute Gasteiger partial charge is 0.270 e. The number of non-ortho nitro benzene ring substituents is 1. The summed E-state index contributed by atoms with van der Waals surface area (Å²) >= 11 is 0. The van der Waals surface area contributed by atoms with E-state index in [-0.39, 0.29) is 17.5 Å². The normalized spacial score (nSPS) is 11.9. The topological polar surface area (TPSA) is 101 Å². The van der Waals surface area contributed by atoms with Gasteiger partial charge < -0.3 is 10.3 Å². The second-order valence-electron chi connectivity index (χ2n) is 7.79. The second-order valence-corrected chi connectivity index (χ2v) is 7.79. The average molecular weight is 428 g/mol. The quantitative estimate of drug-likeness (QED) is 0.293. The second kappa shape index (κ2) is 9.87. The highest BCUT2D eigenvalue weighted by Crippen LogP contribution is 2.33. The van der Waals surface area contributed by atoms with E-state index in [2.05, 4.69) is 27.4 Å². The minimum Gasteiger partial charge on any atom is -0.361 e. The van der Waals surface area contributed by atoms with Crippen LogP contribution in [0.4, 0.5) is 5.69 Å². The number of hydrogen-bond acceptors (Lipinski definition) is 4. The number of aromatic nitrogens is 2. The van der Waals surface area contributed by atoms with Crippen LogP contribution < -0.4 is 5.32 Å². The maximum Gasteiger partial charge on any atom is 0.270 e. The number of aryl methyl sites for hydroxylation is 1. The first-order valence-corrected chi connectivity index (χ1v) is 10.5. The predicted octanol–water partition coefficient (Wildman–Crippen LogP) is 4.89. The lowest BCUT2D eigenvalue weighted by Gasteiger charge is -2.17. The molecule has 162 valence electrons. The van der Waals surface area contributed by atoms with Crippen molar-refractivity contribution in [1.29, 1.82) is 0 Å². The number of H-pyrrole nitrogens is 1. The molecule has 2 heterocycles. The molecule has 0 aliphatic rings. The molecule has 0 spiro atoms. The molecule has 0 unspecified atom stereocenters. The monoisotopic (exact) mass is 428 g/mol. The largest absolute Gasteiger partial charge is 0.361 e. The van der Waals surface area contributed by atoms with Gasteiger partial charge in [0.2, 0.25) is 5.91 Å². The van der Waals surface area contributed by atoms with E-state index >= 15 is 0 Å². The molecule has 4 rings (SSSR count). The number of nitro groups is 1. The van der Waals surface area contributed by atoms with Crippen LogP contribution in [0.2, 0.25) is 0 Å². The summed E-state index contributed by atoms with van der Waals surface area (Å²) in [5.74, 6) is -0.136. The Morgan fingerprint density at radius 3 is 2.59 bits per heavy atom. The van der Waals surface area contributed by atoms with Gasteiger partial charge in [-0.15, -0.1) is 0 Å². The van der Waals surface area contributed by atoms with E-state index in [4.69, 9.17) is 0 Å². The van der Waals surface area contributed by atoms with Gasteiger partial charge in [-0.1, -0.05) is 30.3 Å². The first kappa shape index (κ1) is 21.2. The number of rotatable bonds is 9. The van der Waals surface area contributed by atoms with Gasteiger partial charge in [-0.05, 0) is 53.6 Å². The fourth-order valence-corrected chi connectivity index (χ4v) is 3.93. The van der Waals surface area contributed by atoms with Crippen LogP contribution in [-0.4, -0.2) is 20.8 Å². The molecule has 2 N–H and O–H groups in total. The lowest BCUT2D eigenvalue weighted by Crippen LogP contribution is -2.24. The third-order valence-corrected chi connectivity index (χ3v) is 5.64. The Morgan fingerprint density at radius 2 is 1.84 bits per heavy atom. The van der Waals surface area contributed by atoms with Crippen LogP contribution in [-0.2, 0) is 17.8 Å². The molecule has 0 aliphatic heterocycles. The molecular formula is C25H24N4O3. The van der Waals surface area contributed by atoms with E-state index in [0.717, 1.165) is 34.9 Å². The highest BCUT2D eigenvalue weighted by Gasteiger charge is 2.21. The highest BCUT2D eigenvalue weighted by molar-refractivity contribution is 5.87. The number of nitrogens with one attached hydrogen (secondary N) is 2. The van der Waals surface area contributed by atoms with Gasteiger partial charge in [0.05, 0.1) is 4.92 Å². The Balaban J connectivity index is 1.55.